The number of amidine groups is 1. The van der Waals surface area contributed by atoms with Gasteiger partial charge in [0.15, 0.2) is 0 Å². The molecule has 4 nitrogen and oxygen atoms in total. The van der Waals surface area contributed by atoms with Crippen molar-refractivity contribution in [1.29, 1.82) is 5.41 Å². The highest BCUT2D eigenvalue weighted by Crippen LogP contribution is 2.33. The zero-order valence-corrected chi connectivity index (χ0v) is 9.38. The van der Waals surface area contributed by atoms with E-state index in [2.05, 4.69) is 20.9 Å². The maximum absolute atomic E-state index is 7.72. The Morgan fingerprint density at radius 3 is 2.80 bits per heavy atom. The molecule has 0 saturated heterocycles. The molecule has 0 amide bonds. The predicted octanol–water partition coefficient (Wildman–Crippen LogP) is 1.77. The molecular weight excluding hydrogens is 256 g/mol. The van der Waals surface area contributed by atoms with Crippen molar-refractivity contribution in [3.05, 3.63) is 34.4 Å². The second-order valence-electron chi connectivity index (χ2n) is 3.11. The summed E-state index contributed by atoms with van der Waals surface area (Å²) in [5.41, 5.74) is 13.5. The summed E-state index contributed by atoms with van der Waals surface area (Å²) in [5.74, 6) is 0.192. The minimum absolute atomic E-state index is 0.173. The van der Waals surface area contributed by atoms with Crippen LogP contribution in [-0.2, 0) is 0 Å². The smallest absolute Gasteiger partial charge is 0.150 e. The van der Waals surface area contributed by atoms with Crippen LogP contribution >= 0.6 is 15.9 Å². The zero-order chi connectivity index (χ0) is 11.0. The molecule has 0 spiro atoms. The summed E-state index contributed by atoms with van der Waals surface area (Å²) in [6, 6.07) is 5.59. The monoisotopic (exact) mass is 264 g/mol. The SMILES string of the molecule is N=C1C(N)=Nc2cc(Br)ccc2/C1=C/N. The number of halogens is 1. The molecule has 76 valence electrons. The lowest BCUT2D eigenvalue weighted by Gasteiger charge is -2.16. The fraction of sp³-hybridized carbons (Fsp3) is 0. The second kappa shape index (κ2) is 3.51. The maximum atomic E-state index is 7.72. The zero-order valence-electron chi connectivity index (χ0n) is 7.79. The van der Waals surface area contributed by atoms with Crippen molar-refractivity contribution in [3.8, 4) is 0 Å². The molecule has 0 bridgehead atoms. The van der Waals surface area contributed by atoms with Crippen molar-refractivity contribution in [1.82, 2.24) is 0 Å². The first kappa shape index (κ1) is 9.92. The molecule has 0 atom stereocenters. The summed E-state index contributed by atoms with van der Waals surface area (Å²) in [7, 11) is 0. The van der Waals surface area contributed by atoms with Crippen LogP contribution in [0.4, 0.5) is 5.69 Å². The number of benzene rings is 1. The summed E-state index contributed by atoms with van der Waals surface area (Å²) in [5, 5.41) is 7.72. The molecule has 1 aliphatic heterocycles. The predicted molar refractivity (Wildman–Crippen MR) is 65.3 cm³/mol. The first-order valence-electron chi connectivity index (χ1n) is 4.28. The Bertz CT molecular complexity index is 502. The first-order valence-corrected chi connectivity index (χ1v) is 5.08. The van der Waals surface area contributed by atoms with Crippen LogP contribution in [0.1, 0.15) is 5.56 Å². The fourth-order valence-electron chi connectivity index (χ4n) is 1.46. The second-order valence-corrected chi connectivity index (χ2v) is 4.03. The third-order valence-electron chi connectivity index (χ3n) is 2.18. The van der Waals surface area contributed by atoms with Gasteiger partial charge in [0.25, 0.3) is 0 Å². The molecule has 0 unspecified atom stereocenters. The topological polar surface area (TPSA) is 88.2 Å². The van der Waals surface area contributed by atoms with E-state index < -0.39 is 0 Å². The number of fused-ring (bicyclic) bond motifs is 1. The van der Waals surface area contributed by atoms with Gasteiger partial charge in [-0.2, -0.15) is 0 Å². The van der Waals surface area contributed by atoms with Crippen LogP contribution in [0.3, 0.4) is 0 Å². The minimum Gasteiger partial charge on any atom is -0.404 e. The number of aliphatic imine (C=N–C) groups is 1. The largest absolute Gasteiger partial charge is 0.404 e. The lowest BCUT2D eigenvalue weighted by molar-refractivity contribution is 1.40. The average molecular weight is 265 g/mol. The van der Waals surface area contributed by atoms with Gasteiger partial charge in [-0.05, 0) is 12.1 Å². The molecule has 0 aliphatic carbocycles. The number of nitrogens with two attached hydrogens (primary N) is 2. The number of hydrogen-bond donors (Lipinski definition) is 3. The van der Waals surface area contributed by atoms with E-state index in [1.807, 2.05) is 18.2 Å². The molecule has 0 aromatic heterocycles. The minimum atomic E-state index is 0.173. The summed E-state index contributed by atoms with van der Waals surface area (Å²) in [6.07, 6.45) is 1.39. The van der Waals surface area contributed by atoms with Gasteiger partial charge in [-0.1, -0.05) is 22.0 Å². The van der Waals surface area contributed by atoms with Crippen molar-refractivity contribution in [3.63, 3.8) is 0 Å². The van der Waals surface area contributed by atoms with Crippen LogP contribution in [0.5, 0.6) is 0 Å². The maximum Gasteiger partial charge on any atom is 0.150 e. The summed E-state index contributed by atoms with van der Waals surface area (Å²) in [4.78, 5) is 4.13. The Morgan fingerprint density at radius 1 is 1.40 bits per heavy atom. The van der Waals surface area contributed by atoms with Gasteiger partial charge in [0.05, 0.1) is 5.69 Å². The molecule has 0 radical (unpaired) electrons. The van der Waals surface area contributed by atoms with Crippen molar-refractivity contribution in [2.75, 3.05) is 0 Å². The van der Waals surface area contributed by atoms with E-state index in [1.54, 1.807) is 0 Å². The molecule has 1 aliphatic rings. The van der Waals surface area contributed by atoms with Gasteiger partial charge in [0, 0.05) is 21.8 Å². The number of nitrogens with one attached hydrogen (secondary N) is 1. The van der Waals surface area contributed by atoms with Crippen molar-refractivity contribution in [2.24, 2.45) is 16.5 Å². The van der Waals surface area contributed by atoms with Gasteiger partial charge in [0.1, 0.15) is 11.5 Å². The molecule has 0 fully saturated rings. The summed E-state index contributed by atoms with van der Waals surface area (Å²) < 4.78 is 0.919. The lowest BCUT2D eigenvalue weighted by atomic mass is 9.97. The third-order valence-corrected chi connectivity index (χ3v) is 2.68. The van der Waals surface area contributed by atoms with Crippen LogP contribution in [0, 0.1) is 5.41 Å². The highest BCUT2D eigenvalue weighted by atomic mass is 79.9. The number of nitrogens with zero attached hydrogens (tertiary/aromatic N) is 1. The Labute approximate surface area is 95.3 Å². The lowest BCUT2D eigenvalue weighted by Crippen LogP contribution is -2.27. The fourth-order valence-corrected chi connectivity index (χ4v) is 1.81. The van der Waals surface area contributed by atoms with Gasteiger partial charge < -0.3 is 11.5 Å². The molecule has 5 N–H and O–H groups in total. The van der Waals surface area contributed by atoms with Crippen molar-refractivity contribution in [2.45, 2.75) is 0 Å². The molecule has 5 heteroatoms. The molecule has 1 heterocycles. The number of hydrogen-bond acceptors (Lipinski definition) is 4. The third kappa shape index (κ3) is 1.55. The van der Waals surface area contributed by atoms with Gasteiger partial charge in [0.2, 0.25) is 0 Å². The van der Waals surface area contributed by atoms with Crippen LogP contribution in [0.2, 0.25) is 0 Å². The highest BCUT2D eigenvalue weighted by Gasteiger charge is 2.20. The molecule has 2 rings (SSSR count). The average Bonchev–Trinajstić information content (AvgIpc) is 2.20. The molecule has 1 aromatic carbocycles. The Hall–Kier alpha value is -1.62. The van der Waals surface area contributed by atoms with Crippen LogP contribution in [0.25, 0.3) is 5.57 Å². The molecule has 15 heavy (non-hydrogen) atoms. The van der Waals surface area contributed by atoms with E-state index in [4.69, 9.17) is 16.9 Å². The van der Waals surface area contributed by atoms with Gasteiger partial charge in [-0.15, -0.1) is 0 Å². The molecule has 0 saturated carbocycles. The van der Waals surface area contributed by atoms with Crippen LogP contribution < -0.4 is 11.5 Å². The van der Waals surface area contributed by atoms with E-state index in [0.717, 1.165) is 15.7 Å². The highest BCUT2D eigenvalue weighted by molar-refractivity contribution is 9.10. The Kier molecular flexibility index (Phi) is 2.32. The van der Waals surface area contributed by atoms with Crippen molar-refractivity contribution >= 4 is 38.7 Å². The number of rotatable bonds is 0. The Morgan fingerprint density at radius 2 is 2.13 bits per heavy atom. The van der Waals surface area contributed by atoms with Gasteiger partial charge >= 0.3 is 0 Å². The Balaban J connectivity index is 2.71. The summed E-state index contributed by atoms with van der Waals surface area (Å²) in [6.45, 7) is 0. The quantitative estimate of drug-likeness (QED) is 0.667. The summed E-state index contributed by atoms with van der Waals surface area (Å²) >= 11 is 3.35. The van der Waals surface area contributed by atoms with Gasteiger partial charge in [-0.25, -0.2) is 4.99 Å². The van der Waals surface area contributed by atoms with E-state index in [0.29, 0.717) is 5.57 Å². The molecular formula is C10H9BrN4. The van der Waals surface area contributed by atoms with E-state index in [1.165, 1.54) is 6.20 Å². The van der Waals surface area contributed by atoms with Crippen molar-refractivity contribution < 1.29 is 0 Å². The normalized spacial score (nSPS) is 17.5. The van der Waals surface area contributed by atoms with Gasteiger partial charge in [-0.3, -0.25) is 5.41 Å². The van der Waals surface area contributed by atoms with E-state index >= 15 is 0 Å². The molecule has 1 aromatic rings. The standard InChI is InChI=1S/C10H9BrN4/c11-5-1-2-6-7(4-12)9(13)10(14)15-8(6)3-5/h1-4,13H,12H2,(H2,14,15)/b7-4-,13-9?. The van der Waals surface area contributed by atoms with Crippen LogP contribution in [0.15, 0.2) is 33.9 Å². The van der Waals surface area contributed by atoms with E-state index in [9.17, 15) is 0 Å². The van der Waals surface area contributed by atoms with E-state index in [-0.39, 0.29) is 11.5 Å². The first-order chi connectivity index (χ1) is 7.13. The van der Waals surface area contributed by atoms with Crippen LogP contribution in [-0.4, -0.2) is 11.5 Å².